The fourth-order valence-electron chi connectivity index (χ4n) is 3.13. The Morgan fingerprint density at radius 2 is 1.80 bits per heavy atom. The molecule has 0 radical (unpaired) electrons. The molecule has 30 heavy (non-hydrogen) atoms. The summed E-state index contributed by atoms with van der Waals surface area (Å²) in [4.78, 5) is 46.3. The first-order valence-electron chi connectivity index (χ1n) is 9.50. The molecule has 1 aliphatic carbocycles. The van der Waals surface area contributed by atoms with E-state index in [1.807, 2.05) is 0 Å². The van der Waals surface area contributed by atoms with Crippen LogP contribution in [0, 0.1) is 10.1 Å². The van der Waals surface area contributed by atoms with Gasteiger partial charge in [-0.3, -0.25) is 20.2 Å². The van der Waals surface area contributed by atoms with Gasteiger partial charge in [-0.2, -0.15) is 0 Å². The number of imide groups is 1. The number of hydrogen-bond acceptors (Lipinski definition) is 7. The second kappa shape index (κ2) is 9.21. The molecular weight excluding hydrogens is 394 g/mol. The van der Waals surface area contributed by atoms with E-state index in [-0.39, 0.29) is 17.5 Å². The molecule has 1 heterocycles. The van der Waals surface area contributed by atoms with Crippen LogP contribution in [-0.2, 0) is 9.53 Å². The minimum Gasteiger partial charge on any atom is -0.449 e. The fraction of sp³-hybridized carbons (Fsp3) is 0.350. The highest BCUT2D eigenvalue weighted by molar-refractivity contribution is 5.98. The molecule has 158 valence electrons. The van der Waals surface area contributed by atoms with Crippen molar-refractivity contribution in [1.82, 2.24) is 10.6 Å². The van der Waals surface area contributed by atoms with Gasteiger partial charge in [-0.25, -0.2) is 9.59 Å². The third kappa shape index (κ3) is 5.22. The van der Waals surface area contributed by atoms with Crippen molar-refractivity contribution in [3.05, 3.63) is 52.3 Å². The maximum atomic E-state index is 12.2. The van der Waals surface area contributed by atoms with Crippen LogP contribution in [0.4, 0.5) is 10.5 Å². The largest absolute Gasteiger partial charge is 0.449 e. The quantitative estimate of drug-likeness (QED) is 0.419. The number of hydrogen-bond donors (Lipinski definition) is 2. The summed E-state index contributed by atoms with van der Waals surface area (Å²) in [6.07, 6.45) is 2.62. The van der Waals surface area contributed by atoms with E-state index >= 15 is 0 Å². The van der Waals surface area contributed by atoms with Gasteiger partial charge in [0.2, 0.25) is 5.76 Å². The van der Waals surface area contributed by atoms with Crippen molar-refractivity contribution in [3.63, 3.8) is 0 Å². The summed E-state index contributed by atoms with van der Waals surface area (Å²) in [5.41, 5.74) is 0.468. The van der Waals surface area contributed by atoms with E-state index in [1.54, 1.807) is 0 Å². The lowest BCUT2D eigenvalue weighted by Crippen LogP contribution is -2.47. The summed E-state index contributed by atoms with van der Waals surface area (Å²) in [5.74, 6) is -1.45. The minimum atomic E-state index is -1.21. The predicted octanol–water partition coefficient (Wildman–Crippen LogP) is 3.17. The van der Waals surface area contributed by atoms with Gasteiger partial charge in [-0.05, 0) is 44.0 Å². The van der Waals surface area contributed by atoms with Crippen molar-refractivity contribution in [3.8, 4) is 11.3 Å². The molecule has 1 saturated carbocycles. The summed E-state index contributed by atoms with van der Waals surface area (Å²) in [7, 11) is 0. The molecule has 0 saturated heterocycles. The maximum Gasteiger partial charge on any atom is 0.375 e. The van der Waals surface area contributed by atoms with Gasteiger partial charge >= 0.3 is 12.0 Å². The number of benzene rings is 1. The number of furan rings is 1. The number of nitrogens with one attached hydrogen (secondary N) is 2. The Labute approximate surface area is 171 Å². The van der Waals surface area contributed by atoms with Gasteiger partial charge < -0.3 is 14.5 Å². The lowest BCUT2D eigenvalue weighted by Gasteiger charge is -2.15. The molecule has 3 rings (SSSR count). The van der Waals surface area contributed by atoms with Crippen molar-refractivity contribution < 1.29 is 28.5 Å². The summed E-state index contributed by atoms with van der Waals surface area (Å²) < 4.78 is 10.5. The van der Waals surface area contributed by atoms with Crippen LogP contribution in [0.25, 0.3) is 11.3 Å². The SMILES string of the molecule is C[C@H](OC(=O)c1ccc(-c2ccc([N+](=O)[O-])cc2)o1)C(=O)NC(=O)NC1CCCC1. The van der Waals surface area contributed by atoms with Gasteiger partial charge in [0.15, 0.2) is 6.10 Å². The van der Waals surface area contributed by atoms with E-state index in [1.165, 1.54) is 43.3 Å². The number of amides is 3. The lowest BCUT2D eigenvalue weighted by molar-refractivity contribution is -0.384. The number of non-ortho nitro benzene ring substituents is 1. The molecule has 1 atom stereocenters. The molecule has 0 unspecified atom stereocenters. The van der Waals surface area contributed by atoms with Crippen LogP contribution in [0.5, 0.6) is 0 Å². The number of nitro groups is 1. The standard InChI is InChI=1S/C20H21N3O7/c1-12(18(24)22-20(26)21-14-4-2-3-5-14)29-19(25)17-11-10-16(30-17)13-6-8-15(9-7-13)23(27)28/h6-12,14H,2-5H2,1H3,(H2,21,22,24,26)/t12-/m0/s1. The van der Waals surface area contributed by atoms with Gasteiger partial charge in [0.05, 0.1) is 4.92 Å². The number of rotatable bonds is 6. The maximum absolute atomic E-state index is 12.2. The highest BCUT2D eigenvalue weighted by Crippen LogP contribution is 2.25. The Bertz CT molecular complexity index is 946. The lowest BCUT2D eigenvalue weighted by atomic mass is 10.1. The highest BCUT2D eigenvalue weighted by Gasteiger charge is 2.24. The summed E-state index contributed by atoms with van der Waals surface area (Å²) >= 11 is 0. The Hall–Kier alpha value is -3.69. The first-order valence-corrected chi connectivity index (χ1v) is 9.50. The zero-order valence-corrected chi connectivity index (χ0v) is 16.3. The van der Waals surface area contributed by atoms with E-state index in [2.05, 4.69) is 10.6 Å². The summed E-state index contributed by atoms with van der Waals surface area (Å²) in [6, 6.07) is 7.94. The van der Waals surface area contributed by atoms with Crippen LogP contribution < -0.4 is 10.6 Å². The Morgan fingerprint density at radius 1 is 1.13 bits per heavy atom. The van der Waals surface area contributed by atoms with Gasteiger partial charge in [0.25, 0.3) is 11.6 Å². The van der Waals surface area contributed by atoms with Gasteiger partial charge in [0.1, 0.15) is 5.76 Å². The van der Waals surface area contributed by atoms with Crippen molar-refractivity contribution in [1.29, 1.82) is 0 Å². The fourth-order valence-corrected chi connectivity index (χ4v) is 3.13. The first kappa shape index (κ1) is 21.0. The molecule has 10 heteroatoms. The Balaban J connectivity index is 1.54. The summed E-state index contributed by atoms with van der Waals surface area (Å²) in [5, 5.41) is 15.6. The molecule has 1 aromatic carbocycles. The third-order valence-electron chi connectivity index (χ3n) is 4.75. The van der Waals surface area contributed by atoms with E-state index < -0.39 is 28.9 Å². The van der Waals surface area contributed by atoms with Gasteiger partial charge in [-0.1, -0.05) is 12.8 Å². The number of nitro benzene ring substituents is 1. The van der Waals surface area contributed by atoms with E-state index in [0.717, 1.165) is 25.7 Å². The number of ether oxygens (including phenoxy) is 1. The topological polar surface area (TPSA) is 141 Å². The van der Waals surface area contributed by atoms with Crippen molar-refractivity contribution >= 4 is 23.6 Å². The van der Waals surface area contributed by atoms with Crippen LogP contribution in [-0.4, -0.2) is 35.0 Å². The van der Waals surface area contributed by atoms with Crippen molar-refractivity contribution in [2.75, 3.05) is 0 Å². The van der Waals surface area contributed by atoms with Crippen molar-refractivity contribution in [2.24, 2.45) is 0 Å². The number of nitrogens with zero attached hydrogens (tertiary/aromatic N) is 1. The van der Waals surface area contributed by atoms with E-state index in [9.17, 15) is 24.5 Å². The molecule has 0 spiro atoms. The summed E-state index contributed by atoms with van der Waals surface area (Å²) in [6.45, 7) is 1.34. The molecule has 0 aliphatic heterocycles. The van der Waals surface area contributed by atoms with E-state index in [0.29, 0.717) is 11.3 Å². The second-order valence-electron chi connectivity index (χ2n) is 6.96. The van der Waals surface area contributed by atoms with Gasteiger partial charge in [0, 0.05) is 23.7 Å². The molecule has 1 aliphatic rings. The second-order valence-corrected chi connectivity index (χ2v) is 6.96. The number of carbonyl (C=O) groups excluding carboxylic acids is 3. The molecular formula is C20H21N3O7. The Morgan fingerprint density at radius 3 is 2.43 bits per heavy atom. The molecule has 2 N–H and O–H groups in total. The van der Waals surface area contributed by atoms with Crippen molar-refractivity contribution in [2.45, 2.75) is 44.8 Å². The number of urea groups is 1. The molecule has 3 amide bonds. The molecule has 2 aromatic rings. The predicted molar refractivity (Wildman–Crippen MR) is 105 cm³/mol. The third-order valence-corrected chi connectivity index (χ3v) is 4.75. The van der Waals surface area contributed by atoms with Gasteiger partial charge in [-0.15, -0.1) is 0 Å². The number of carbonyl (C=O) groups is 3. The van der Waals surface area contributed by atoms with Crippen LogP contribution in [0.1, 0.15) is 43.2 Å². The molecule has 0 bridgehead atoms. The molecule has 10 nitrogen and oxygen atoms in total. The smallest absolute Gasteiger partial charge is 0.375 e. The van der Waals surface area contributed by atoms with Crippen LogP contribution >= 0.6 is 0 Å². The average molecular weight is 415 g/mol. The van der Waals surface area contributed by atoms with Crippen LogP contribution in [0.2, 0.25) is 0 Å². The molecule has 1 aromatic heterocycles. The van der Waals surface area contributed by atoms with E-state index in [4.69, 9.17) is 9.15 Å². The minimum absolute atomic E-state index is 0.0524. The number of esters is 1. The normalized spacial score (nSPS) is 14.7. The molecule has 1 fully saturated rings. The first-order chi connectivity index (χ1) is 14.3. The highest BCUT2D eigenvalue weighted by atomic mass is 16.6. The van der Waals surface area contributed by atoms with Crippen LogP contribution in [0.15, 0.2) is 40.8 Å². The monoisotopic (exact) mass is 415 g/mol. The average Bonchev–Trinajstić information content (AvgIpc) is 3.40. The zero-order chi connectivity index (χ0) is 21.7. The van der Waals surface area contributed by atoms with Crippen LogP contribution in [0.3, 0.4) is 0 Å². The zero-order valence-electron chi connectivity index (χ0n) is 16.3. The Kier molecular flexibility index (Phi) is 6.45.